The van der Waals surface area contributed by atoms with Gasteiger partial charge in [-0.15, -0.1) is 0 Å². The first kappa shape index (κ1) is 14.8. The van der Waals surface area contributed by atoms with Crippen LogP contribution >= 0.6 is 0 Å². The molecule has 0 aromatic rings. The maximum atomic E-state index is 3.74. The number of fused-ring (bicyclic) bond motifs is 2. The van der Waals surface area contributed by atoms with E-state index in [1.54, 1.807) is 0 Å². The molecule has 3 rings (SSSR count). The molecule has 3 aliphatic rings. The molecule has 0 radical (unpaired) electrons. The van der Waals surface area contributed by atoms with Crippen molar-refractivity contribution in [2.24, 2.45) is 0 Å². The van der Waals surface area contributed by atoms with E-state index in [0.29, 0.717) is 0 Å². The van der Waals surface area contributed by atoms with Crippen LogP contribution < -0.4 is 5.32 Å². The van der Waals surface area contributed by atoms with E-state index in [9.17, 15) is 0 Å². The predicted octanol–water partition coefficient (Wildman–Crippen LogP) is 2.47. The van der Waals surface area contributed by atoms with Gasteiger partial charge in [-0.25, -0.2) is 0 Å². The Balaban J connectivity index is 1.58. The quantitative estimate of drug-likeness (QED) is 0.834. The summed E-state index contributed by atoms with van der Waals surface area (Å²) in [6.07, 6.45) is 11.2. The molecule has 3 unspecified atom stereocenters. The fourth-order valence-electron chi connectivity index (χ4n) is 4.75. The van der Waals surface area contributed by atoms with Crippen molar-refractivity contribution in [1.29, 1.82) is 0 Å². The normalized spacial score (nSPS) is 38.5. The number of nitrogens with zero attached hydrogens (tertiary/aromatic N) is 2. The molecule has 2 bridgehead atoms. The molecular formula is C17H33N3. The lowest BCUT2D eigenvalue weighted by molar-refractivity contribution is 0.0668. The third-order valence-corrected chi connectivity index (χ3v) is 5.97. The number of nitrogens with one attached hydrogen (secondary N) is 1. The Kier molecular flexibility index (Phi) is 5.00. The van der Waals surface area contributed by atoms with E-state index in [-0.39, 0.29) is 0 Å². The van der Waals surface area contributed by atoms with Crippen molar-refractivity contribution in [2.45, 2.75) is 82.5 Å². The minimum Gasteiger partial charge on any atom is -0.313 e. The molecular weight excluding hydrogens is 246 g/mol. The van der Waals surface area contributed by atoms with E-state index in [1.165, 1.54) is 71.0 Å². The first-order valence-corrected chi connectivity index (χ1v) is 8.97. The van der Waals surface area contributed by atoms with Crippen LogP contribution in [0.25, 0.3) is 0 Å². The topological polar surface area (TPSA) is 18.5 Å². The molecule has 0 amide bonds. The van der Waals surface area contributed by atoms with E-state index in [4.69, 9.17) is 0 Å². The highest BCUT2D eigenvalue weighted by molar-refractivity contribution is 4.97. The molecule has 0 aromatic carbocycles. The molecule has 3 fully saturated rings. The van der Waals surface area contributed by atoms with Crippen LogP contribution in [-0.2, 0) is 0 Å². The summed E-state index contributed by atoms with van der Waals surface area (Å²) in [6.45, 7) is 6.17. The van der Waals surface area contributed by atoms with Crippen molar-refractivity contribution in [3.05, 3.63) is 0 Å². The summed E-state index contributed by atoms with van der Waals surface area (Å²) in [5, 5.41) is 3.74. The van der Waals surface area contributed by atoms with Crippen molar-refractivity contribution in [1.82, 2.24) is 15.1 Å². The van der Waals surface area contributed by atoms with Gasteiger partial charge < -0.3 is 10.2 Å². The van der Waals surface area contributed by atoms with Gasteiger partial charge in [0.1, 0.15) is 0 Å². The summed E-state index contributed by atoms with van der Waals surface area (Å²) in [5.41, 5.74) is 0. The largest absolute Gasteiger partial charge is 0.313 e. The second-order valence-electron chi connectivity index (χ2n) is 7.32. The summed E-state index contributed by atoms with van der Waals surface area (Å²) >= 11 is 0. The lowest BCUT2D eigenvalue weighted by Gasteiger charge is -2.43. The average Bonchev–Trinajstić information content (AvgIpc) is 2.69. The monoisotopic (exact) mass is 279 g/mol. The summed E-state index contributed by atoms with van der Waals surface area (Å²) in [7, 11) is 2.35. The minimum absolute atomic E-state index is 0.757. The van der Waals surface area contributed by atoms with Crippen molar-refractivity contribution >= 4 is 0 Å². The molecule has 20 heavy (non-hydrogen) atoms. The van der Waals surface area contributed by atoms with Crippen molar-refractivity contribution in [3.8, 4) is 0 Å². The van der Waals surface area contributed by atoms with Crippen LogP contribution in [0, 0.1) is 0 Å². The van der Waals surface area contributed by atoms with E-state index < -0.39 is 0 Å². The molecule has 116 valence electrons. The molecule has 0 spiro atoms. The standard InChI is InChI=1S/C17H33N3/c1-3-10-20(13-14-6-4-5-9-18-14)17-11-15-7-8-16(12-17)19(15)2/h14-18H,3-13H2,1-2H3. The van der Waals surface area contributed by atoms with E-state index in [2.05, 4.69) is 29.1 Å². The Morgan fingerprint density at radius 2 is 1.85 bits per heavy atom. The number of rotatable bonds is 5. The highest BCUT2D eigenvalue weighted by Gasteiger charge is 2.40. The number of hydrogen-bond donors (Lipinski definition) is 1. The van der Waals surface area contributed by atoms with Gasteiger partial charge in [0, 0.05) is 30.7 Å². The van der Waals surface area contributed by atoms with E-state index in [0.717, 1.165) is 24.2 Å². The van der Waals surface area contributed by atoms with Gasteiger partial charge in [-0.2, -0.15) is 0 Å². The predicted molar refractivity (Wildman–Crippen MR) is 85.1 cm³/mol. The van der Waals surface area contributed by atoms with Crippen molar-refractivity contribution in [3.63, 3.8) is 0 Å². The fourth-order valence-corrected chi connectivity index (χ4v) is 4.75. The highest BCUT2D eigenvalue weighted by atomic mass is 15.2. The molecule has 0 saturated carbocycles. The fraction of sp³-hybridized carbons (Fsp3) is 1.00. The molecule has 0 aromatic heterocycles. The third-order valence-electron chi connectivity index (χ3n) is 5.97. The van der Waals surface area contributed by atoms with E-state index >= 15 is 0 Å². The smallest absolute Gasteiger partial charge is 0.0195 e. The molecule has 0 aliphatic carbocycles. The summed E-state index contributed by atoms with van der Waals surface area (Å²) in [5.74, 6) is 0. The Morgan fingerprint density at radius 3 is 2.45 bits per heavy atom. The Bertz CT molecular complexity index is 287. The lowest BCUT2D eigenvalue weighted by atomic mass is 9.95. The molecule has 3 saturated heterocycles. The third kappa shape index (κ3) is 3.20. The molecule has 3 nitrogen and oxygen atoms in total. The van der Waals surface area contributed by atoms with Crippen LogP contribution in [-0.4, -0.2) is 60.6 Å². The Morgan fingerprint density at radius 1 is 1.10 bits per heavy atom. The van der Waals surface area contributed by atoms with Gasteiger partial charge in [-0.1, -0.05) is 13.3 Å². The summed E-state index contributed by atoms with van der Waals surface area (Å²) in [6, 6.07) is 3.36. The Hall–Kier alpha value is -0.120. The first-order valence-electron chi connectivity index (χ1n) is 8.97. The van der Waals surface area contributed by atoms with Gasteiger partial charge in [0.15, 0.2) is 0 Å². The molecule has 1 N–H and O–H groups in total. The first-order chi connectivity index (χ1) is 9.78. The van der Waals surface area contributed by atoms with Crippen molar-refractivity contribution in [2.75, 3.05) is 26.7 Å². The van der Waals surface area contributed by atoms with Gasteiger partial charge in [-0.05, 0) is 65.1 Å². The molecule has 3 atom stereocenters. The van der Waals surface area contributed by atoms with Crippen LogP contribution in [0.2, 0.25) is 0 Å². The second-order valence-corrected chi connectivity index (χ2v) is 7.32. The van der Waals surface area contributed by atoms with Gasteiger partial charge in [0.05, 0.1) is 0 Å². The van der Waals surface area contributed by atoms with Gasteiger partial charge in [0.2, 0.25) is 0 Å². The molecule has 3 heterocycles. The zero-order valence-corrected chi connectivity index (χ0v) is 13.5. The lowest BCUT2D eigenvalue weighted by Crippen LogP contribution is -2.53. The highest BCUT2D eigenvalue weighted by Crippen LogP contribution is 2.36. The van der Waals surface area contributed by atoms with Crippen LogP contribution in [0.3, 0.4) is 0 Å². The van der Waals surface area contributed by atoms with Crippen molar-refractivity contribution < 1.29 is 0 Å². The zero-order valence-electron chi connectivity index (χ0n) is 13.5. The zero-order chi connectivity index (χ0) is 13.9. The SMILES string of the molecule is CCCN(CC1CCCCN1)C1CC2CCC(C1)N2C. The maximum Gasteiger partial charge on any atom is 0.0195 e. The molecule has 3 aliphatic heterocycles. The van der Waals surface area contributed by atoms with Gasteiger partial charge >= 0.3 is 0 Å². The van der Waals surface area contributed by atoms with Crippen LogP contribution in [0.4, 0.5) is 0 Å². The molecule has 3 heteroatoms. The maximum absolute atomic E-state index is 3.74. The van der Waals surface area contributed by atoms with Crippen LogP contribution in [0.5, 0.6) is 0 Å². The Labute approximate surface area is 125 Å². The van der Waals surface area contributed by atoms with E-state index in [1.807, 2.05) is 0 Å². The van der Waals surface area contributed by atoms with Crippen LogP contribution in [0.15, 0.2) is 0 Å². The van der Waals surface area contributed by atoms with Gasteiger partial charge in [-0.3, -0.25) is 4.90 Å². The number of piperidine rings is 2. The summed E-state index contributed by atoms with van der Waals surface area (Å²) < 4.78 is 0. The summed E-state index contributed by atoms with van der Waals surface area (Å²) in [4.78, 5) is 5.50. The number of hydrogen-bond acceptors (Lipinski definition) is 3. The van der Waals surface area contributed by atoms with Crippen LogP contribution in [0.1, 0.15) is 58.3 Å². The minimum atomic E-state index is 0.757. The second kappa shape index (κ2) is 6.76. The van der Waals surface area contributed by atoms with Gasteiger partial charge in [0.25, 0.3) is 0 Å². The average molecular weight is 279 g/mol.